The van der Waals surface area contributed by atoms with Crippen molar-refractivity contribution in [1.82, 2.24) is 14.4 Å². The number of imidazole rings is 1. The van der Waals surface area contributed by atoms with Crippen molar-refractivity contribution in [2.24, 2.45) is 5.73 Å². The Labute approximate surface area is 89.7 Å². The standard InChI is InChI=1S/C8H9N5OS/c1-15-8-12-5(9)4(6(10)14)7-11-2-3-13(7)8/h2-3H,9H2,1H3,(H2,10,14). The average Bonchev–Trinajstić information content (AvgIpc) is 2.63. The van der Waals surface area contributed by atoms with Crippen LogP contribution in [0.25, 0.3) is 5.65 Å². The number of carbonyl (C=O) groups is 1. The second-order valence-electron chi connectivity index (χ2n) is 2.84. The van der Waals surface area contributed by atoms with Crippen LogP contribution in [0.15, 0.2) is 17.6 Å². The average molecular weight is 223 g/mol. The smallest absolute Gasteiger partial charge is 0.256 e. The van der Waals surface area contributed by atoms with E-state index in [0.717, 1.165) is 0 Å². The molecule has 2 aromatic rings. The number of hydrogen-bond donors (Lipinski definition) is 2. The quantitative estimate of drug-likeness (QED) is 0.557. The van der Waals surface area contributed by atoms with Gasteiger partial charge in [0.15, 0.2) is 10.8 Å². The molecule has 0 saturated carbocycles. The molecule has 7 heteroatoms. The van der Waals surface area contributed by atoms with Crippen LogP contribution in [0, 0.1) is 0 Å². The van der Waals surface area contributed by atoms with Gasteiger partial charge in [-0.25, -0.2) is 9.97 Å². The Bertz CT molecular complexity index is 535. The molecule has 2 aromatic heterocycles. The van der Waals surface area contributed by atoms with Gasteiger partial charge in [-0.2, -0.15) is 0 Å². The van der Waals surface area contributed by atoms with E-state index in [1.807, 2.05) is 6.26 Å². The first-order valence-corrected chi connectivity index (χ1v) is 5.34. The number of amides is 1. The number of carbonyl (C=O) groups excluding carboxylic acids is 1. The summed E-state index contributed by atoms with van der Waals surface area (Å²) >= 11 is 1.42. The van der Waals surface area contributed by atoms with Crippen molar-refractivity contribution in [2.45, 2.75) is 5.16 Å². The molecule has 0 saturated heterocycles. The molecule has 2 heterocycles. The van der Waals surface area contributed by atoms with Gasteiger partial charge in [0.05, 0.1) is 0 Å². The van der Waals surface area contributed by atoms with Gasteiger partial charge in [-0.1, -0.05) is 11.8 Å². The number of rotatable bonds is 2. The van der Waals surface area contributed by atoms with Crippen LogP contribution in [0.1, 0.15) is 10.4 Å². The van der Waals surface area contributed by atoms with Gasteiger partial charge in [-0.15, -0.1) is 0 Å². The van der Waals surface area contributed by atoms with E-state index in [-0.39, 0.29) is 11.4 Å². The second-order valence-corrected chi connectivity index (χ2v) is 3.62. The molecule has 2 rings (SSSR count). The third kappa shape index (κ3) is 1.40. The highest BCUT2D eigenvalue weighted by molar-refractivity contribution is 7.98. The molecule has 0 aliphatic heterocycles. The Morgan fingerprint density at radius 1 is 1.60 bits per heavy atom. The number of aromatic nitrogens is 3. The van der Waals surface area contributed by atoms with Crippen molar-refractivity contribution in [3.63, 3.8) is 0 Å². The Kier molecular flexibility index (Phi) is 2.24. The van der Waals surface area contributed by atoms with Crippen molar-refractivity contribution in [3.05, 3.63) is 18.0 Å². The van der Waals surface area contributed by atoms with Gasteiger partial charge in [-0.3, -0.25) is 9.20 Å². The number of hydrogen-bond acceptors (Lipinski definition) is 5. The molecule has 78 valence electrons. The molecule has 1 amide bonds. The largest absolute Gasteiger partial charge is 0.383 e. The van der Waals surface area contributed by atoms with E-state index in [2.05, 4.69) is 9.97 Å². The van der Waals surface area contributed by atoms with Crippen LogP contribution in [0.3, 0.4) is 0 Å². The predicted octanol–water partition coefficient (Wildman–Crippen LogP) is 0.132. The summed E-state index contributed by atoms with van der Waals surface area (Å²) in [5.41, 5.74) is 11.5. The van der Waals surface area contributed by atoms with Gasteiger partial charge >= 0.3 is 0 Å². The number of fused-ring (bicyclic) bond motifs is 1. The van der Waals surface area contributed by atoms with Gasteiger partial charge in [0.1, 0.15) is 11.4 Å². The van der Waals surface area contributed by atoms with Crippen LogP contribution in [0.5, 0.6) is 0 Å². The first kappa shape index (κ1) is 9.78. The molecule has 0 radical (unpaired) electrons. The van der Waals surface area contributed by atoms with E-state index >= 15 is 0 Å². The molecule has 4 N–H and O–H groups in total. The van der Waals surface area contributed by atoms with Gasteiger partial charge in [0, 0.05) is 12.4 Å². The third-order valence-electron chi connectivity index (χ3n) is 1.97. The van der Waals surface area contributed by atoms with E-state index in [9.17, 15) is 4.79 Å². The molecule has 0 aliphatic rings. The Morgan fingerprint density at radius 2 is 2.33 bits per heavy atom. The maximum absolute atomic E-state index is 11.2. The fourth-order valence-corrected chi connectivity index (χ4v) is 1.88. The lowest BCUT2D eigenvalue weighted by Crippen LogP contribution is -2.17. The molecule has 0 unspecified atom stereocenters. The molecule has 0 aliphatic carbocycles. The van der Waals surface area contributed by atoms with Crippen LogP contribution in [0.4, 0.5) is 5.82 Å². The van der Waals surface area contributed by atoms with Gasteiger partial charge in [0.2, 0.25) is 0 Å². The lowest BCUT2D eigenvalue weighted by atomic mass is 10.3. The van der Waals surface area contributed by atoms with E-state index in [0.29, 0.717) is 10.8 Å². The zero-order valence-corrected chi connectivity index (χ0v) is 8.78. The summed E-state index contributed by atoms with van der Waals surface area (Å²) in [6.45, 7) is 0. The lowest BCUT2D eigenvalue weighted by Gasteiger charge is -2.06. The maximum Gasteiger partial charge on any atom is 0.256 e. The summed E-state index contributed by atoms with van der Waals surface area (Å²) in [6.07, 6.45) is 5.15. The minimum atomic E-state index is -0.621. The molecule has 15 heavy (non-hydrogen) atoms. The summed E-state index contributed by atoms with van der Waals surface area (Å²) in [4.78, 5) is 19.3. The SMILES string of the molecule is CSc1nc(N)c(C(N)=O)c2nccn12. The van der Waals surface area contributed by atoms with Gasteiger partial charge < -0.3 is 11.5 Å². The van der Waals surface area contributed by atoms with Gasteiger partial charge in [0.25, 0.3) is 5.91 Å². The van der Waals surface area contributed by atoms with Crippen LogP contribution < -0.4 is 11.5 Å². The molecule has 0 aromatic carbocycles. The van der Waals surface area contributed by atoms with Crippen molar-refractivity contribution >= 4 is 29.1 Å². The normalized spacial score (nSPS) is 10.7. The first-order chi connectivity index (χ1) is 7.15. The molecular formula is C8H9N5OS. The van der Waals surface area contributed by atoms with Crippen molar-refractivity contribution in [1.29, 1.82) is 0 Å². The Balaban J connectivity index is 2.87. The number of thioether (sulfide) groups is 1. The highest BCUT2D eigenvalue weighted by atomic mass is 32.2. The molecule has 0 spiro atoms. The van der Waals surface area contributed by atoms with Crippen molar-refractivity contribution in [3.8, 4) is 0 Å². The third-order valence-corrected chi connectivity index (χ3v) is 2.62. The van der Waals surface area contributed by atoms with Crippen LogP contribution in [-0.2, 0) is 0 Å². The highest BCUT2D eigenvalue weighted by Gasteiger charge is 2.16. The zero-order valence-electron chi connectivity index (χ0n) is 7.97. The first-order valence-electron chi connectivity index (χ1n) is 4.11. The van der Waals surface area contributed by atoms with E-state index < -0.39 is 5.91 Å². The topological polar surface area (TPSA) is 99.3 Å². The minimum absolute atomic E-state index is 0.116. The molecule has 0 fully saturated rings. The van der Waals surface area contributed by atoms with E-state index in [1.54, 1.807) is 16.8 Å². The summed E-state index contributed by atoms with van der Waals surface area (Å²) in [5, 5.41) is 0.671. The molecule has 6 nitrogen and oxygen atoms in total. The van der Waals surface area contributed by atoms with Crippen LogP contribution in [0.2, 0.25) is 0 Å². The monoisotopic (exact) mass is 223 g/mol. The maximum atomic E-state index is 11.2. The van der Waals surface area contributed by atoms with E-state index in [1.165, 1.54) is 11.8 Å². The Hall–Kier alpha value is -1.76. The minimum Gasteiger partial charge on any atom is -0.383 e. The molecule has 0 atom stereocenters. The lowest BCUT2D eigenvalue weighted by molar-refractivity contribution is 0.100. The summed E-state index contributed by atoms with van der Waals surface area (Å²) in [5.74, 6) is -0.505. The Morgan fingerprint density at radius 3 is 2.93 bits per heavy atom. The summed E-state index contributed by atoms with van der Waals surface area (Å²) in [6, 6.07) is 0. The van der Waals surface area contributed by atoms with Crippen molar-refractivity contribution in [2.75, 3.05) is 12.0 Å². The summed E-state index contributed by atoms with van der Waals surface area (Å²) in [7, 11) is 0. The number of nitrogen functional groups attached to an aromatic ring is 1. The number of nitrogens with zero attached hydrogens (tertiary/aromatic N) is 3. The van der Waals surface area contributed by atoms with E-state index in [4.69, 9.17) is 11.5 Å². The van der Waals surface area contributed by atoms with Crippen LogP contribution in [-0.4, -0.2) is 26.5 Å². The van der Waals surface area contributed by atoms with Crippen molar-refractivity contribution < 1.29 is 4.79 Å². The summed E-state index contributed by atoms with van der Waals surface area (Å²) < 4.78 is 1.68. The number of nitrogens with two attached hydrogens (primary N) is 2. The second kappa shape index (κ2) is 3.43. The predicted molar refractivity (Wildman–Crippen MR) is 57.7 cm³/mol. The number of primary amides is 1. The molecular weight excluding hydrogens is 214 g/mol. The van der Waals surface area contributed by atoms with Gasteiger partial charge in [-0.05, 0) is 6.26 Å². The highest BCUT2D eigenvalue weighted by Crippen LogP contribution is 2.21. The molecule has 0 bridgehead atoms. The number of anilines is 1. The fraction of sp³-hybridized carbons (Fsp3) is 0.125. The van der Waals surface area contributed by atoms with Crippen LogP contribution >= 0.6 is 11.8 Å². The fourth-order valence-electron chi connectivity index (χ4n) is 1.35. The zero-order chi connectivity index (χ0) is 11.0.